The Labute approximate surface area is 235 Å². The van der Waals surface area contributed by atoms with Crippen LogP contribution in [-0.2, 0) is 12.5 Å². The van der Waals surface area contributed by atoms with Crippen molar-refractivity contribution in [3.8, 4) is 0 Å². The molecule has 2 unspecified atom stereocenters. The van der Waals surface area contributed by atoms with Gasteiger partial charge in [0.05, 0.1) is 32.8 Å². The molecule has 10 heteroatoms. The van der Waals surface area contributed by atoms with E-state index in [1.807, 2.05) is 19.3 Å². The van der Waals surface area contributed by atoms with E-state index in [-0.39, 0.29) is 21.4 Å². The fourth-order valence-electron chi connectivity index (χ4n) is 5.08. The minimum Gasteiger partial charge on any atom is -0.323 e. The van der Waals surface area contributed by atoms with Gasteiger partial charge >= 0.3 is 0 Å². The quantitative estimate of drug-likeness (QED) is 0.201. The largest absolute Gasteiger partial charge is 0.323 e. The fraction of sp³-hybridized carbons (Fsp3) is 0.444. The van der Waals surface area contributed by atoms with Crippen LogP contribution in [0.15, 0.2) is 48.6 Å². The molecular formula is C27H32IN7OS. The number of nitrogens with zero attached hydrogens (tertiary/aromatic N) is 6. The second kappa shape index (κ2) is 10.3. The molecule has 0 bridgehead atoms. The van der Waals surface area contributed by atoms with Gasteiger partial charge in [-0.2, -0.15) is 5.10 Å². The number of alkyl halides is 1. The van der Waals surface area contributed by atoms with E-state index in [1.165, 1.54) is 16.9 Å². The molecule has 5 rings (SSSR count). The number of fused-ring (bicyclic) bond motifs is 1. The Hall–Kier alpha value is -2.60. The Kier molecular flexibility index (Phi) is 7.23. The lowest BCUT2D eigenvalue weighted by atomic mass is 9.87. The van der Waals surface area contributed by atoms with E-state index >= 15 is 0 Å². The first-order valence-electron chi connectivity index (χ1n) is 12.5. The van der Waals surface area contributed by atoms with Gasteiger partial charge in [-0.05, 0) is 37.8 Å². The molecular weight excluding hydrogens is 597 g/mol. The number of hydrogen-bond acceptors (Lipinski definition) is 7. The van der Waals surface area contributed by atoms with E-state index in [1.54, 1.807) is 23.3 Å². The van der Waals surface area contributed by atoms with E-state index in [2.05, 4.69) is 87.7 Å². The second-order valence-electron chi connectivity index (χ2n) is 10.7. The number of amides is 1. The van der Waals surface area contributed by atoms with Crippen LogP contribution in [0, 0.1) is 5.92 Å². The number of thiazole rings is 1. The summed E-state index contributed by atoms with van der Waals surface area (Å²) in [5.74, 6) is 0.971. The van der Waals surface area contributed by atoms with Crippen LogP contribution >= 0.6 is 33.9 Å². The maximum Gasteiger partial charge on any atom is 0.266 e. The summed E-state index contributed by atoms with van der Waals surface area (Å²) in [4.78, 5) is 30.2. The van der Waals surface area contributed by atoms with Crippen LogP contribution in [0.25, 0.3) is 5.57 Å². The van der Waals surface area contributed by atoms with Crippen molar-refractivity contribution in [2.24, 2.45) is 13.0 Å². The van der Waals surface area contributed by atoms with Crippen LogP contribution in [0.1, 0.15) is 67.3 Å². The summed E-state index contributed by atoms with van der Waals surface area (Å²) in [7, 11) is 1.88. The van der Waals surface area contributed by atoms with Gasteiger partial charge in [0.1, 0.15) is 4.88 Å². The smallest absolute Gasteiger partial charge is 0.266 e. The Morgan fingerprint density at radius 2 is 2.11 bits per heavy atom. The van der Waals surface area contributed by atoms with E-state index in [9.17, 15) is 4.79 Å². The van der Waals surface area contributed by atoms with Gasteiger partial charge in [-0.25, -0.2) is 15.0 Å². The first-order valence-corrected chi connectivity index (χ1v) is 14.6. The number of aromatic nitrogens is 5. The van der Waals surface area contributed by atoms with Gasteiger partial charge < -0.3 is 10.2 Å². The van der Waals surface area contributed by atoms with Crippen LogP contribution in [0.4, 0.5) is 11.6 Å². The molecule has 2 aliphatic carbocycles. The topological polar surface area (TPSA) is 88.8 Å². The zero-order valence-corrected chi connectivity index (χ0v) is 24.7. The predicted molar refractivity (Wildman–Crippen MR) is 156 cm³/mol. The van der Waals surface area contributed by atoms with Gasteiger partial charge in [0.2, 0.25) is 5.95 Å². The fourth-order valence-corrected chi connectivity index (χ4v) is 6.66. The lowest BCUT2D eigenvalue weighted by molar-refractivity contribution is 0.0647. The van der Waals surface area contributed by atoms with Crippen molar-refractivity contribution < 1.29 is 4.79 Å². The first-order chi connectivity index (χ1) is 17.6. The number of halogens is 1. The zero-order valence-electron chi connectivity index (χ0n) is 21.8. The molecule has 1 fully saturated rings. The molecule has 1 amide bonds. The van der Waals surface area contributed by atoms with Crippen LogP contribution in [0.5, 0.6) is 0 Å². The summed E-state index contributed by atoms with van der Waals surface area (Å²) in [5.41, 5.74) is 4.19. The van der Waals surface area contributed by atoms with E-state index < -0.39 is 0 Å². The number of carbonyl (C=O) groups excluding carboxylic acids is 1. The Morgan fingerprint density at radius 3 is 2.78 bits per heavy atom. The molecule has 0 spiro atoms. The molecule has 8 nitrogen and oxygen atoms in total. The van der Waals surface area contributed by atoms with E-state index in [0.717, 1.165) is 46.1 Å². The normalized spacial score (nSPS) is 20.2. The van der Waals surface area contributed by atoms with Crippen molar-refractivity contribution in [2.75, 3.05) is 5.32 Å². The molecule has 0 saturated heterocycles. The SMILES string of the molecule is C[C@@H](I)N(C(=O)c1cnc(C(C)(C)C)s1)C1CCC2=CC(c3ccnc(Nc4cnn(C)c4)n3)=CCC21. The number of nitrogens with one attached hydrogen (secondary N) is 1. The standard InChI is InChI=1S/C27H32IN7OS/c1-16(28)35(24(36)23-14-30-25(37-23)27(2,3)4)22-9-7-17-12-18(6-8-20(17)22)21-10-11-29-26(33-21)32-19-13-31-34(5)15-19/h6,10-16,20,22H,7-9H2,1-5H3,(H,29,32,33)/t16-,20?,22?/m0/s1. The molecule has 194 valence electrons. The molecule has 3 atom stereocenters. The summed E-state index contributed by atoms with van der Waals surface area (Å²) in [6.45, 7) is 8.50. The van der Waals surface area contributed by atoms with E-state index in [0.29, 0.717) is 11.9 Å². The number of rotatable bonds is 6. The number of carbonyl (C=O) groups is 1. The molecule has 3 heterocycles. The summed E-state index contributed by atoms with van der Waals surface area (Å²) in [5, 5.41) is 8.40. The van der Waals surface area contributed by atoms with E-state index in [4.69, 9.17) is 4.98 Å². The maximum absolute atomic E-state index is 13.7. The highest BCUT2D eigenvalue weighted by Gasteiger charge is 2.40. The number of allylic oxidation sites excluding steroid dienone is 3. The Morgan fingerprint density at radius 1 is 1.30 bits per heavy atom. The number of anilines is 2. The second-order valence-corrected chi connectivity index (χ2v) is 13.5. The summed E-state index contributed by atoms with van der Waals surface area (Å²) in [6.07, 6.45) is 14.6. The highest BCUT2D eigenvalue weighted by atomic mass is 127. The van der Waals surface area contributed by atoms with Gasteiger partial charge in [0, 0.05) is 36.8 Å². The summed E-state index contributed by atoms with van der Waals surface area (Å²) in [6, 6.07) is 2.13. The molecule has 0 aromatic carbocycles. The molecule has 2 aliphatic rings. The third-order valence-electron chi connectivity index (χ3n) is 6.85. The van der Waals surface area contributed by atoms with Crippen molar-refractivity contribution >= 4 is 57.0 Å². The van der Waals surface area contributed by atoms with Gasteiger partial charge in [-0.15, -0.1) is 11.3 Å². The van der Waals surface area contributed by atoms with Crippen molar-refractivity contribution in [1.82, 2.24) is 29.6 Å². The van der Waals surface area contributed by atoms with Crippen molar-refractivity contribution in [3.63, 3.8) is 0 Å². The minimum atomic E-state index is -0.0633. The summed E-state index contributed by atoms with van der Waals surface area (Å²) < 4.78 is 1.82. The van der Waals surface area contributed by atoms with Crippen LogP contribution in [-0.4, -0.2) is 45.6 Å². The molecule has 1 N–H and O–H groups in total. The van der Waals surface area contributed by atoms with Gasteiger partial charge in [0.15, 0.2) is 0 Å². The molecule has 3 aromatic rings. The van der Waals surface area contributed by atoms with Crippen molar-refractivity contribution in [3.05, 3.63) is 64.2 Å². The third-order valence-corrected chi connectivity index (χ3v) is 8.86. The van der Waals surface area contributed by atoms with Gasteiger partial charge in [-0.3, -0.25) is 9.48 Å². The minimum absolute atomic E-state index is 0.0633. The van der Waals surface area contributed by atoms with Crippen LogP contribution in [0.2, 0.25) is 0 Å². The van der Waals surface area contributed by atoms with Crippen molar-refractivity contribution in [2.45, 2.75) is 62.5 Å². The average Bonchev–Trinajstić information content (AvgIpc) is 3.59. The maximum atomic E-state index is 13.7. The average molecular weight is 630 g/mol. The molecule has 3 aromatic heterocycles. The number of aryl methyl sites for hydroxylation is 1. The number of hydrogen-bond donors (Lipinski definition) is 1. The summed E-state index contributed by atoms with van der Waals surface area (Å²) >= 11 is 3.90. The Bertz CT molecular complexity index is 1370. The molecule has 0 radical (unpaired) electrons. The lowest BCUT2D eigenvalue weighted by Crippen LogP contribution is -2.45. The van der Waals surface area contributed by atoms with Crippen molar-refractivity contribution in [1.29, 1.82) is 0 Å². The van der Waals surface area contributed by atoms with Crippen LogP contribution in [0.3, 0.4) is 0 Å². The van der Waals surface area contributed by atoms with Gasteiger partial charge in [-0.1, -0.05) is 61.1 Å². The zero-order chi connectivity index (χ0) is 26.3. The molecule has 37 heavy (non-hydrogen) atoms. The van der Waals surface area contributed by atoms with Gasteiger partial charge in [0.25, 0.3) is 5.91 Å². The third kappa shape index (κ3) is 5.50. The Balaban J connectivity index is 1.33. The predicted octanol–water partition coefficient (Wildman–Crippen LogP) is 6.12. The first kappa shape index (κ1) is 26.0. The molecule has 0 aliphatic heterocycles. The molecule has 1 saturated carbocycles. The highest BCUT2D eigenvalue weighted by molar-refractivity contribution is 14.1. The monoisotopic (exact) mass is 629 g/mol. The lowest BCUT2D eigenvalue weighted by Gasteiger charge is -2.36. The highest BCUT2D eigenvalue weighted by Crippen LogP contribution is 2.44. The van der Waals surface area contributed by atoms with Crippen LogP contribution < -0.4 is 5.32 Å².